The quantitative estimate of drug-likeness (QED) is 0.690. The highest BCUT2D eigenvalue weighted by Gasteiger charge is 2.16. The van der Waals surface area contributed by atoms with Gasteiger partial charge in [0.25, 0.3) is 0 Å². The molecule has 0 aliphatic carbocycles. The number of hydrogen-bond donors (Lipinski definition) is 1. The first kappa shape index (κ1) is 16.7. The molecular formula is C21H21N3O2. The van der Waals surface area contributed by atoms with Crippen LogP contribution in [0.25, 0.3) is 10.8 Å². The minimum Gasteiger partial charge on any atom is -0.507 e. The van der Waals surface area contributed by atoms with Gasteiger partial charge in [0.2, 0.25) is 0 Å². The Morgan fingerprint density at radius 1 is 0.885 bits per heavy atom. The molecule has 1 aliphatic heterocycles. The molecule has 0 atom stereocenters. The summed E-state index contributed by atoms with van der Waals surface area (Å²) in [7, 11) is 0. The SMILES string of the molecule is Oc1c(CN2CCOCC2)cc(N=Nc2ccccc2)c2ccccc12. The Bertz CT molecular complexity index is 919. The molecule has 132 valence electrons. The maximum Gasteiger partial charge on any atom is 0.128 e. The van der Waals surface area contributed by atoms with Gasteiger partial charge in [-0.15, -0.1) is 5.11 Å². The van der Waals surface area contributed by atoms with Gasteiger partial charge in [-0.05, 0) is 18.2 Å². The Kier molecular flexibility index (Phi) is 4.91. The molecule has 5 heteroatoms. The van der Waals surface area contributed by atoms with Crippen LogP contribution in [0, 0.1) is 0 Å². The smallest absolute Gasteiger partial charge is 0.128 e. The number of morpholine rings is 1. The molecule has 1 saturated heterocycles. The lowest BCUT2D eigenvalue weighted by Gasteiger charge is -2.27. The first-order valence-corrected chi connectivity index (χ1v) is 8.82. The van der Waals surface area contributed by atoms with E-state index in [1.165, 1.54) is 0 Å². The summed E-state index contributed by atoms with van der Waals surface area (Å²) in [5.74, 6) is 0.325. The molecule has 3 aromatic carbocycles. The van der Waals surface area contributed by atoms with Gasteiger partial charge in [0.15, 0.2) is 0 Å². The molecule has 1 aliphatic rings. The number of azo groups is 1. The second-order valence-electron chi connectivity index (χ2n) is 6.37. The van der Waals surface area contributed by atoms with Crippen LogP contribution < -0.4 is 0 Å². The Balaban J connectivity index is 1.73. The molecule has 1 fully saturated rings. The van der Waals surface area contributed by atoms with Crippen molar-refractivity contribution in [3.8, 4) is 5.75 Å². The Hall–Kier alpha value is -2.76. The van der Waals surface area contributed by atoms with E-state index >= 15 is 0 Å². The van der Waals surface area contributed by atoms with Crippen LogP contribution in [0.1, 0.15) is 5.56 Å². The van der Waals surface area contributed by atoms with Gasteiger partial charge in [0.05, 0.1) is 24.6 Å². The summed E-state index contributed by atoms with van der Waals surface area (Å²) in [6.07, 6.45) is 0. The van der Waals surface area contributed by atoms with Crippen molar-refractivity contribution in [2.45, 2.75) is 6.54 Å². The third-order valence-corrected chi connectivity index (χ3v) is 4.60. The number of phenols is 1. The first-order chi connectivity index (χ1) is 12.8. The molecule has 0 amide bonds. The fraction of sp³-hybridized carbons (Fsp3) is 0.238. The van der Waals surface area contributed by atoms with Crippen molar-refractivity contribution in [1.82, 2.24) is 4.90 Å². The fourth-order valence-electron chi connectivity index (χ4n) is 3.21. The molecule has 0 saturated carbocycles. The van der Waals surface area contributed by atoms with Crippen LogP contribution in [-0.2, 0) is 11.3 Å². The van der Waals surface area contributed by atoms with Gasteiger partial charge in [-0.25, -0.2) is 0 Å². The maximum atomic E-state index is 10.8. The molecular weight excluding hydrogens is 326 g/mol. The number of aromatic hydroxyl groups is 1. The minimum atomic E-state index is 0.325. The lowest BCUT2D eigenvalue weighted by Crippen LogP contribution is -2.35. The average molecular weight is 347 g/mol. The third kappa shape index (κ3) is 3.59. The number of ether oxygens (including phenoxy) is 1. The van der Waals surface area contributed by atoms with E-state index in [-0.39, 0.29) is 0 Å². The van der Waals surface area contributed by atoms with E-state index in [1.807, 2.05) is 60.7 Å². The summed E-state index contributed by atoms with van der Waals surface area (Å²) < 4.78 is 5.41. The van der Waals surface area contributed by atoms with E-state index in [4.69, 9.17) is 4.74 Å². The minimum absolute atomic E-state index is 0.325. The van der Waals surface area contributed by atoms with Crippen LogP contribution in [0.3, 0.4) is 0 Å². The molecule has 0 spiro atoms. The second-order valence-corrected chi connectivity index (χ2v) is 6.37. The zero-order chi connectivity index (χ0) is 17.8. The number of rotatable bonds is 4. The Labute approximate surface area is 152 Å². The summed E-state index contributed by atoms with van der Waals surface area (Å²) in [6, 6.07) is 19.4. The standard InChI is InChI=1S/C21H21N3O2/c25-21-16(15-24-10-12-26-13-11-24)14-20(18-8-4-5-9-19(18)21)23-22-17-6-2-1-3-7-17/h1-9,14,25H,10-13,15H2. The predicted octanol–water partition coefficient (Wildman–Crippen LogP) is 4.79. The predicted molar refractivity (Wildman–Crippen MR) is 102 cm³/mol. The summed E-state index contributed by atoms with van der Waals surface area (Å²) >= 11 is 0. The summed E-state index contributed by atoms with van der Waals surface area (Å²) in [4.78, 5) is 2.28. The number of hydrogen-bond acceptors (Lipinski definition) is 5. The Morgan fingerprint density at radius 2 is 1.58 bits per heavy atom. The van der Waals surface area contributed by atoms with Gasteiger partial charge in [0.1, 0.15) is 5.75 Å². The van der Waals surface area contributed by atoms with E-state index < -0.39 is 0 Å². The zero-order valence-electron chi connectivity index (χ0n) is 14.5. The number of nitrogens with zero attached hydrogens (tertiary/aromatic N) is 3. The van der Waals surface area contributed by atoms with Gasteiger partial charge in [-0.3, -0.25) is 4.90 Å². The van der Waals surface area contributed by atoms with Crippen LogP contribution in [0.4, 0.5) is 11.4 Å². The van der Waals surface area contributed by atoms with Crippen molar-refractivity contribution < 1.29 is 9.84 Å². The lowest BCUT2D eigenvalue weighted by atomic mass is 10.0. The highest BCUT2D eigenvalue weighted by molar-refractivity contribution is 5.97. The summed E-state index contributed by atoms with van der Waals surface area (Å²) in [5, 5.41) is 21.3. The van der Waals surface area contributed by atoms with Crippen LogP contribution in [0.5, 0.6) is 5.75 Å². The van der Waals surface area contributed by atoms with Crippen LogP contribution in [0.15, 0.2) is 70.9 Å². The van der Waals surface area contributed by atoms with E-state index in [0.29, 0.717) is 12.3 Å². The highest BCUT2D eigenvalue weighted by atomic mass is 16.5. The van der Waals surface area contributed by atoms with E-state index in [9.17, 15) is 5.11 Å². The Morgan fingerprint density at radius 3 is 2.35 bits per heavy atom. The molecule has 0 aromatic heterocycles. The van der Waals surface area contributed by atoms with Crippen LogP contribution >= 0.6 is 0 Å². The molecule has 4 rings (SSSR count). The monoisotopic (exact) mass is 347 g/mol. The van der Waals surface area contributed by atoms with Crippen molar-refractivity contribution in [3.63, 3.8) is 0 Å². The molecule has 0 bridgehead atoms. The first-order valence-electron chi connectivity index (χ1n) is 8.82. The molecule has 1 heterocycles. The molecule has 26 heavy (non-hydrogen) atoms. The summed E-state index contributed by atoms with van der Waals surface area (Å²) in [6.45, 7) is 3.87. The van der Waals surface area contributed by atoms with E-state index in [2.05, 4.69) is 15.1 Å². The van der Waals surface area contributed by atoms with Crippen molar-refractivity contribution in [1.29, 1.82) is 0 Å². The average Bonchev–Trinajstić information content (AvgIpc) is 2.71. The molecule has 0 unspecified atom stereocenters. The van der Waals surface area contributed by atoms with Gasteiger partial charge in [-0.1, -0.05) is 42.5 Å². The highest BCUT2D eigenvalue weighted by Crippen LogP contribution is 2.37. The lowest BCUT2D eigenvalue weighted by molar-refractivity contribution is 0.0339. The van der Waals surface area contributed by atoms with Gasteiger partial charge in [-0.2, -0.15) is 5.11 Å². The van der Waals surface area contributed by atoms with Gasteiger partial charge in [0, 0.05) is 36.0 Å². The largest absolute Gasteiger partial charge is 0.507 e. The number of fused-ring (bicyclic) bond motifs is 1. The molecule has 5 nitrogen and oxygen atoms in total. The van der Waals surface area contributed by atoms with Crippen LogP contribution in [0.2, 0.25) is 0 Å². The van der Waals surface area contributed by atoms with Crippen molar-refractivity contribution in [2.24, 2.45) is 10.2 Å². The van der Waals surface area contributed by atoms with Gasteiger partial charge >= 0.3 is 0 Å². The topological polar surface area (TPSA) is 57.4 Å². The van der Waals surface area contributed by atoms with Crippen molar-refractivity contribution in [2.75, 3.05) is 26.3 Å². The van der Waals surface area contributed by atoms with E-state index in [1.54, 1.807) is 0 Å². The van der Waals surface area contributed by atoms with Crippen LogP contribution in [-0.4, -0.2) is 36.3 Å². The second kappa shape index (κ2) is 7.64. The third-order valence-electron chi connectivity index (χ3n) is 4.60. The van der Waals surface area contributed by atoms with Crippen molar-refractivity contribution in [3.05, 3.63) is 66.2 Å². The number of benzene rings is 3. The zero-order valence-corrected chi connectivity index (χ0v) is 14.5. The molecule has 0 radical (unpaired) electrons. The normalized spacial score (nSPS) is 15.7. The summed E-state index contributed by atoms with van der Waals surface area (Å²) in [5.41, 5.74) is 2.44. The molecule has 1 N–H and O–H groups in total. The maximum absolute atomic E-state index is 10.8. The van der Waals surface area contributed by atoms with E-state index in [0.717, 1.165) is 54.0 Å². The number of phenolic OH excluding ortho intramolecular Hbond substituents is 1. The van der Waals surface area contributed by atoms with Gasteiger partial charge < -0.3 is 9.84 Å². The van der Waals surface area contributed by atoms with Crippen molar-refractivity contribution >= 4 is 22.1 Å². The fourth-order valence-corrected chi connectivity index (χ4v) is 3.21. The molecule has 3 aromatic rings.